The summed E-state index contributed by atoms with van der Waals surface area (Å²) in [6.45, 7) is 0.497. The molecule has 1 aliphatic heterocycles. The molecule has 2 rings (SSSR count). The average molecular weight is 586 g/mol. The van der Waals surface area contributed by atoms with Gasteiger partial charge in [-0.3, -0.25) is 38.8 Å². The summed E-state index contributed by atoms with van der Waals surface area (Å²) in [6.07, 6.45) is 0.396. The summed E-state index contributed by atoms with van der Waals surface area (Å²) >= 11 is 9.00. The molecule has 0 aromatic heterocycles. The Bertz CT molecular complexity index is 1010. The fourth-order valence-corrected chi connectivity index (χ4v) is 4.72. The standard InChI is InChI=1S/C24H35N5O8S2/c30-20(31)13-26-5-6-27(14-21(32)33)9-10-29(16-23(36)37)19(12-28(8-7-26)15-22(34)35)11-17-1-3-18(4-2-17)25-24(38)39/h1-4,19H,5-16H2,(H,30,31)(H,32,33)(H,34,35)(H,36,37)(H2,25,38,39). The molecular weight excluding hydrogens is 550 g/mol. The summed E-state index contributed by atoms with van der Waals surface area (Å²) in [7, 11) is 0. The molecule has 1 fully saturated rings. The lowest BCUT2D eigenvalue weighted by Gasteiger charge is -2.37. The maximum Gasteiger partial charge on any atom is 0.317 e. The van der Waals surface area contributed by atoms with Crippen LogP contribution >= 0.6 is 24.8 Å². The van der Waals surface area contributed by atoms with Gasteiger partial charge >= 0.3 is 23.9 Å². The second-order valence-electron chi connectivity index (χ2n) is 9.32. The Balaban J connectivity index is 2.39. The van der Waals surface area contributed by atoms with E-state index in [2.05, 4.69) is 17.9 Å². The maximum absolute atomic E-state index is 11.8. The molecule has 1 aromatic carbocycles. The highest BCUT2D eigenvalue weighted by Gasteiger charge is 2.27. The van der Waals surface area contributed by atoms with Gasteiger partial charge < -0.3 is 25.7 Å². The Hall–Kier alpha value is -2.82. The smallest absolute Gasteiger partial charge is 0.317 e. The van der Waals surface area contributed by atoms with E-state index in [-0.39, 0.29) is 72.0 Å². The van der Waals surface area contributed by atoms with Gasteiger partial charge in [-0.25, -0.2) is 0 Å². The normalized spacial score (nSPS) is 18.9. The molecule has 13 nitrogen and oxygen atoms in total. The van der Waals surface area contributed by atoms with E-state index in [1.165, 1.54) is 0 Å². The largest absolute Gasteiger partial charge is 0.480 e. The van der Waals surface area contributed by atoms with E-state index in [0.29, 0.717) is 10.7 Å². The van der Waals surface area contributed by atoms with Crippen molar-refractivity contribution in [1.82, 2.24) is 19.6 Å². The number of nitrogens with one attached hydrogen (secondary N) is 1. The molecule has 1 saturated heterocycles. The minimum atomic E-state index is -1.06. The topological polar surface area (TPSA) is 174 Å². The van der Waals surface area contributed by atoms with Crippen LogP contribution in [-0.4, -0.2) is 146 Å². The predicted octanol–water partition coefficient (Wildman–Crippen LogP) is -0.216. The van der Waals surface area contributed by atoms with Gasteiger partial charge in [0, 0.05) is 57.5 Å². The van der Waals surface area contributed by atoms with Crippen molar-refractivity contribution in [2.75, 3.05) is 77.3 Å². The second-order valence-corrected chi connectivity index (χ2v) is 10.5. The van der Waals surface area contributed by atoms with Crippen molar-refractivity contribution < 1.29 is 39.6 Å². The van der Waals surface area contributed by atoms with Gasteiger partial charge in [0.25, 0.3) is 0 Å². The third kappa shape index (κ3) is 13.2. The minimum absolute atomic E-state index is 0.208. The fourth-order valence-electron chi connectivity index (χ4n) is 4.48. The van der Waals surface area contributed by atoms with Gasteiger partial charge in [-0.15, -0.1) is 12.6 Å². The van der Waals surface area contributed by atoms with Gasteiger partial charge in [0.1, 0.15) is 4.32 Å². The molecule has 0 amide bonds. The van der Waals surface area contributed by atoms with Gasteiger partial charge in [-0.2, -0.15) is 0 Å². The number of thiocarbonyl (C=S) groups is 1. The average Bonchev–Trinajstić information content (AvgIpc) is 2.81. The summed E-state index contributed by atoms with van der Waals surface area (Å²) in [5.74, 6) is -4.20. The van der Waals surface area contributed by atoms with Gasteiger partial charge in [-0.1, -0.05) is 24.4 Å². The van der Waals surface area contributed by atoms with Crippen molar-refractivity contribution in [3.8, 4) is 0 Å². The monoisotopic (exact) mass is 585 g/mol. The van der Waals surface area contributed by atoms with Gasteiger partial charge in [0.15, 0.2) is 0 Å². The van der Waals surface area contributed by atoms with Gasteiger partial charge in [0.05, 0.1) is 26.2 Å². The number of benzene rings is 1. The minimum Gasteiger partial charge on any atom is -0.480 e. The summed E-state index contributed by atoms with van der Waals surface area (Å²) in [5, 5.41) is 40.8. The number of rotatable bonds is 11. The number of hydrogen-bond acceptors (Lipinski definition) is 9. The Morgan fingerprint density at radius 2 is 1.18 bits per heavy atom. The first kappa shape index (κ1) is 32.4. The van der Waals surface area contributed by atoms with E-state index in [9.17, 15) is 39.6 Å². The van der Waals surface area contributed by atoms with Crippen LogP contribution in [0.5, 0.6) is 0 Å². The Labute approximate surface area is 237 Å². The molecule has 0 radical (unpaired) electrons. The zero-order valence-corrected chi connectivity index (χ0v) is 23.1. The van der Waals surface area contributed by atoms with Crippen LogP contribution in [0.15, 0.2) is 24.3 Å². The number of carbonyl (C=O) groups is 4. The third-order valence-electron chi connectivity index (χ3n) is 6.25. The van der Waals surface area contributed by atoms with E-state index >= 15 is 0 Å². The van der Waals surface area contributed by atoms with Crippen molar-refractivity contribution >= 4 is 58.7 Å². The maximum atomic E-state index is 11.8. The number of nitrogens with zero attached hydrogens (tertiary/aromatic N) is 4. The Morgan fingerprint density at radius 1 is 0.744 bits per heavy atom. The van der Waals surface area contributed by atoms with Gasteiger partial charge in [0.2, 0.25) is 0 Å². The molecule has 0 bridgehead atoms. The van der Waals surface area contributed by atoms with Crippen LogP contribution in [-0.2, 0) is 25.6 Å². The molecule has 0 saturated carbocycles. The van der Waals surface area contributed by atoms with Crippen molar-refractivity contribution in [3.63, 3.8) is 0 Å². The van der Waals surface area contributed by atoms with Crippen molar-refractivity contribution in [1.29, 1.82) is 0 Å². The third-order valence-corrected chi connectivity index (χ3v) is 6.46. The second kappa shape index (κ2) is 16.3. The van der Waals surface area contributed by atoms with Crippen molar-refractivity contribution in [3.05, 3.63) is 29.8 Å². The molecular formula is C24H35N5O8S2. The summed E-state index contributed by atoms with van der Waals surface area (Å²) in [4.78, 5) is 53.1. The highest BCUT2D eigenvalue weighted by atomic mass is 32.1. The molecule has 39 heavy (non-hydrogen) atoms. The number of carboxylic acid groups (broad SMARTS) is 4. The number of thiol groups is 1. The van der Waals surface area contributed by atoms with Crippen LogP contribution in [0.3, 0.4) is 0 Å². The lowest BCUT2D eigenvalue weighted by molar-refractivity contribution is -0.142. The van der Waals surface area contributed by atoms with E-state index < -0.39 is 29.9 Å². The lowest BCUT2D eigenvalue weighted by atomic mass is 10.0. The number of aliphatic carboxylic acids is 4. The van der Waals surface area contributed by atoms with Crippen LogP contribution < -0.4 is 5.32 Å². The first-order chi connectivity index (χ1) is 18.4. The summed E-state index contributed by atoms with van der Waals surface area (Å²) in [5.41, 5.74) is 1.61. The SMILES string of the molecule is O=C(O)CN1CCN(CC(=O)O)CCN(CC(=O)O)C(Cc2ccc(NC(=S)S)cc2)CN(CC(=O)O)CC1. The summed E-state index contributed by atoms with van der Waals surface area (Å²) in [6, 6.07) is 6.90. The van der Waals surface area contributed by atoms with Gasteiger partial charge in [-0.05, 0) is 24.1 Å². The molecule has 15 heteroatoms. The summed E-state index contributed by atoms with van der Waals surface area (Å²) < 4.78 is 0.307. The zero-order chi connectivity index (χ0) is 28.9. The van der Waals surface area contributed by atoms with Crippen LogP contribution in [0.4, 0.5) is 5.69 Å². The van der Waals surface area contributed by atoms with Crippen molar-refractivity contribution in [2.45, 2.75) is 12.5 Å². The molecule has 1 atom stereocenters. The number of carboxylic acids is 4. The number of hydrogen-bond donors (Lipinski definition) is 6. The molecule has 5 N–H and O–H groups in total. The Kier molecular flexibility index (Phi) is 13.6. The first-order valence-corrected chi connectivity index (χ1v) is 13.1. The van der Waals surface area contributed by atoms with E-state index in [1.807, 2.05) is 24.3 Å². The molecule has 0 spiro atoms. The van der Waals surface area contributed by atoms with Crippen LogP contribution in [0, 0.1) is 0 Å². The number of anilines is 1. The molecule has 1 unspecified atom stereocenters. The predicted molar refractivity (Wildman–Crippen MR) is 151 cm³/mol. The fraction of sp³-hybridized carbons (Fsp3) is 0.542. The van der Waals surface area contributed by atoms with Crippen molar-refractivity contribution in [2.24, 2.45) is 0 Å². The van der Waals surface area contributed by atoms with E-state index in [1.54, 1.807) is 19.6 Å². The highest BCUT2D eigenvalue weighted by molar-refractivity contribution is 8.11. The van der Waals surface area contributed by atoms with E-state index in [4.69, 9.17) is 12.2 Å². The van der Waals surface area contributed by atoms with Crippen LogP contribution in [0.25, 0.3) is 0 Å². The van der Waals surface area contributed by atoms with E-state index in [0.717, 1.165) is 11.3 Å². The molecule has 0 aliphatic carbocycles. The molecule has 216 valence electrons. The zero-order valence-electron chi connectivity index (χ0n) is 21.4. The molecule has 1 aromatic rings. The van der Waals surface area contributed by atoms with Crippen LogP contribution in [0.2, 0.25) is 0 Å². The highest BCUT2D eigenvalue weighted by Crippen LogP contribution is 2.16. The Morgan fingerprint density at radius 3 is 1.64 bits per heavy atom. The molecule has 1 heterocycles. The van der Waals surface area contributed by atoms with Crippen LogP contribution in [0.1, 0.15) is 5.56 Å². The first-order valence-electron chi connectivity index (χ1n) is 12.3. The molecule has 1 aliphatic rings. The lowest BCUT2D eigenvalue weighted by Crippen LogP contribution is -2.53. The quantitative estimate of drug-likeness (QED) is 0.149.